The summed E-state index contributed by atoms with van der Waals surface area (Å²) in [5.41, 5.74) is 2.13. The normalized spacial score (nSPS) is 18.4. The van der Waals surface area contributed by atoms with Crippen LogP contribution < -0.4 is 10.6 Å². The minimum Gasteiger partial charge on any atom is -0.325 e. The number of anilines is 1. The molecule has 0 aliphatic carbocycles. The van der Waals surface area contributed by atoms with Gasteiger partial charge in [0.05, 0.1) is 6.54 Å². The van der Waals surface area contributed by atoms with Crippen LogP contribution in [-0.2, 0) is 4.79 Å². The first-order valence-electron chi connectivity index (χ1n) is 7.86. The second-order valence-corrected chi connectivity index (χ2v) is 6.32. The number of nitrogens with zero attached hydrogens (tertiary/aromatic N) is 1. The number of hydrogen-bond acceptors (Lipinski definition) is 3. The molecule has 0 spiro atoms. The van der Waals surface area contributed by atoms with Crippen LogP contribution >= 0.6 is 0 Å². The van der Waals surface area contributed by atoms with E-state index in [0.29, 0.717) is 18.5 Å². The summed E-state index contributed by atoms with van der Waals surface area (Å²) in [4.78, 5) is 14.2. The van der Waals surface area contributed by atoms with Gasteiger partial charge in [0.25, 0.3) is 0 Å². The Balaban J connectivity index is 1.81. The van der Waals surface area contributed by atoms with E-state index in [0.717, 1.165) is 18.8 Å². The smallest absolute Gasteiger partial charge is 0.238 e. The lowest BCUT2D eigenvalue weighted by molar-refractivity contribution is -0.117. The lowest BCUT2D eigenvalue weighted by Crippen LogP contribution is -2.39. The highest BCUT2D eigenvalue weighted by Gasteiger charge is 2.17. The maximum atomic E-state index is 12.1. The molecule has 116 valence electrons. The summed E-state index contributed by atoms with van der Waals surface area (Å²) in [6, 6.07) is 8.63. The van der Waals surface area contributed by atoms with E-state index < -0.39 is 0 Å². The number of carbonyl (C=O) groups is 1. The Labute approximate surface area is 127 Å². The molecule has 21 heavy (non-hydrogen) atoms. The Morgan fingerprint density at radius 1 is 1.48 bits per heavy atom. The van der Waals surface area contributed by atoms with Crippen molar-refractivity contribution in [3.05, 3.63) is 29.8 Å². The zero-order chi connectivity index (χ0) is 15.2. The number of rotatable bonds is 6. The number of hydrogen-bond donors (Lipinski definition) is 2. The third kappa shape index (κ3) is 5.14. The highest BCUT2D eigenvalue weighted by molar-refractivity contribution is 5.92. The fourth-order valence-corrected chi connectivity index (χ4v) is 2.77. The van der Waals surface area contributed by atoms with Crippen molar-refractivity contribution in [1.82, 2.24) is 10.2 Å². The number of benzene rings is 1. The molecule has 0 aromatic heterocycles. The quantitative estimate of drug-likeness (QED) is 0.845. The summed E-state index contributed by atoms with van der Waals surface area (Å²) in [5.74, 6) is 0.523. The minimum atomic E-state index is 0.0522. The maximum Gasteiger partial charge on any atom is 0.238 e. The molecule has 1 aromatic carbocycles. The van der Waals surface area contributed by atoms with E-state index in [4.69, 9.17) is 0 Å². The first-order chi connectivity index (χ1) is 10.0. The first-order valence-corrected chi connectivity index (χ1v) is 7.86. The van der Waals surface area contributed by atoms with Gasteiger partial charge in [-0.25, -0.2) is 0 Å². The number of carbonyl (C=O) groups excluding carboxylic acids is 1. The Hall–Kier alpha value is -1.39. The van der Waals surface area contributed by atoms with Gasteiger partial charge in [-0.3, -0.25) is 9.69 Å². The van der Waals surface area contributed by atoms with Gasteiger partial charge < -0.3 is 10.6 Å². The molecule has 2 rings (SSSR count). The average Bonchev–Trinajstić information content (AvgIpc) is 2.91. The van der Waals surface area contributed by atoms with Crippen molar-refractivity contribution in [2.24, 2.45) is 0 Å². The zero-order valence-corrected chi connectivity index (χ0v) is 13.4. The van der Waals surface area contributed by atoms with Gasteiger partial charge in [0.2, 0.25) is 5.91 Å². The molecule has 1 fully saturated rings. The molecule has 0 bridgehead atoms. The number of amides is 1. The van der Waals surface area contributed by atoms with Gasteiger partial charge in [-0.05, 0) is 50.0 Å². The van der Waals surface area contributed by atoms with Crippen LogP contribution in [0.5, 0.6) is 0 Å². The Morgan fingerprint density at radius 3 is 2.95 bits per heavy atom. The summed E-state index contributed by atoms with van der Waals surface area (Å²) >= 11 is 0. The molecule has 1 atom stereocenters. The minimum absolute atomic E-state index is 0.0522. The molecule has 2 N–H and O–H groups in total. The van der Waals surface area contributed by atoms with Crippen molar-refractivity contribution in [2.75, 3.05) is 32.0 Å². The molecular formula is C17H27N3O. The van der Waals surface area contributed by atoms with Crippen molar-refractivity contribution < 1.29 is 4.79 Å². The van der Waals surface area contributed by atoms with Crippen LogP contribution in [0.1, 0.15) is 38.2 Å². The van der Waals surface area contributed by atoms with Gasteiger partial charge in [0.15, 0.2) is 0 Å². The fourth-order valence-electron chi connectivity index (χ4n) is 2.77. The predicted molar refractivity (Wildman–Crippen MR) is 87.7 cm³/mol. The van der Waals surface area contributed by atoms with Crippen molar-refractivity contribution >= 4 is 11.6 Å². The second kappa shape index (κ2) is 7.57. The Kier molecular flexibility index (Phi) is 5.76. The van der Waals surface area contributed by atoms with Crippen molar-refractivity contribution in [3.8, 4) is 0 Å². The molecule has 4 nitrogen and oxygen atoms in total. The monoisotopic (exact) mass is 289 g/mol. The lowest BCUT2D eigenvalue weighted by Gasteiger charge is -2.20. The van der Waals surface area contributed by atoms with Gasteiger partial charge in [-0.15, -0.1) is 0 Å². The maximum absolute atomic E-state index is 12.1. The molecule has 1 unspecified atom stereocenters. The van der Waals surface area contributed by atoms with E-state index in [-0.39, 0.29) is 5.91 Å². The fraction of sp³-hybridized carbons (Fsp3) is 0.588. The van der Waals surface area contributed by atoms with E-state index in [9.17, 15) is 4.79 Å². The standard InChI is InChI=1S/C17H27N3O/c1-13(2)14-6-4-7-15(10-14)19-17(21)12-20(3)11-16-8-5-9-18-16/h4,6-7,10,13,16,18H,5,8-9,11-12H2,1-3H3,(H,19,21). The third-order valence-electron chi connectivity index (χ3n) is 3.95. The Morgan fingerprint density at radius 2 is 2.29 bits per heavy atom. The summed E-state index contributed by atoms with van der Waals surface area (Å²) in [6.45, 7) is 6.78. The third-order valence-corrected chi connectivity index (χ3v) is 3.95. The van der Waals surface area contributed by atoms with Crippen molar-refractivity contribution in [1.29, 1.82) is 0 Å². The van der Waals surface area contributed by atoms with Crippen LogP contribution in [0.2, 0.25) is 0 Å². The van der Waals surface area contributed by atoms with Crippen LogP contribution in [0.25, 0.3) is 0 Å². The van der Waals surface area contributed by atoms with E-state index in [1.165, 1.54) is 18.4 Å². The van der Waals surface area contributed by atoms with Crippen LogP contribution in [0.15, 0.2) is 24.3 Å². The summed E-state index contributed by atoms with van der Waals surface area (Å²) < 4.78 is 0. The molecule has 1 aliphatic heterocycles. The molecule has 1 amide bonds. The largest absolute Gasteiger partial charge is 0.325 e. The molecule has 1 saturated heterocycles. The first kappa shape index (κ1) is 16.0. The summed E-state index contributed by atoms with van der Waals surface area (Å²) in [7, 11) is 2.00. The van der Waals surface area contributed by atoms with E-state index in [1.54, 1.807) is 0 Å². The highest BCUT2D eigenvalue weighted by atomic mass is 16.2. The molecule has 0 radical (unpaired) electrons. The molecule has 1 heterocycles. The van der Waals surface area contributed by atoms with Gasteiger partial charge in [-0.2, -0.15) is 0 Å². The van der Waals surface area contributed by atoms with Crippen molar-refractivity contribution in [3.63, 3.8) is 0 Å². The van der Waals surface area contributed by atoms with E-state index in [1.807, 2.05) is 19.2 Å². The number of nitrogens with one attached hydrogen (secondary N) is 2. The average molecular weight is 289 g/mol. The molecule has 1 aromatic rings. The van der Waals surface area contributed by atoms with Crippen LogP contribution in [-0.4, -0.2) is 43.5 Å². The molecule has 0 saturated carbocycles. The van der Waals surface area contributed by atoms with Gasteiger partial charge in [-0.1, -0.05) is 26.0 Å². The Bertz CT molecular complexity index is 467. The molecule has 4 heteroatoms. The SMILES string of the molecule is CC(C)c1cccc(NC(=O)CN(C)CC2CCCN2)c1. The van der Waals surface area contributed by atoms with Crippen LogP contribution in [0.4, 0.5) is 5.69 Å². The van der Waals surface area contributed by atoms with Crippen LogP contribution in [0.3, 0.4) is 0 Å². The summed E-state index contributed by atoms with van der Waals surface area (Å²) in [5, 5.41) is 6.45. The number of likely N-dealkylation sites (N-methyl/N-ethyl adjacent to an activating group) is 1. The summed E-state index contributed by atoms with van der Waals surface area (Å²) in [6.07, 6.45) is 2.45. The second-order valence-electron chi connectivity index (χ2n) is 6.32. The van der Waals surface area contributed by atoms with Gasteiger partial charge in [0.1, 0.15) is 0 Å². The van der Waals surface area contributed by atoms with Crippen molar-refractivity contribution in [2.45, 2.75) is 38.6 Å². The molecule has 1 aliphatic rings. The van der Waals surface area contributed by atoms with Crippen LogP contribution in [0, 0.1) is 0 Å². The highest BCUT2D eigenvalue weighted by Crippen LogP contribution is 2.18. The van der Waals surface area contributed by atoms with E-state index in [2.05, 4.69) is 41.5 Å². The van der Waals surface area contributed by atoms with Gasteiger partial charge >= 0.3 is 0 Å². The molecular weight excluding hydrogens is 262 g/mol. The zero-order valence-electron chi connectivity index (χ0n) is 13.4. The predicted octanol–water partition coefficient (Wildman–Crippen LogP) is 2.43. The van der Waals surface area contributed by atoms with E-state index >= 15 is 0 Å². The van der Waals surface area contributed by atoms with Gasteiger partial charge in [0, 0.05) is 18.3 Å². The topological polar surface area (TPSA) is 44.4 Å². The lowest BCUT2D eigenvalue weighted by atomic mass is 10.0.